The van der Waals surface area contributed by atoms with Crippen LogP contribution in [0.3, 0.4) is 0 Å². The van der Waals surface area contributed by atoms with Crippen LogP contribution >= 0.6 is 15.9 Å². The van der Waals surface area contributed by atoms with Crippen molar-refractivity contribution in [2.24, 2.45) is 0 Å². The summed E-state index contributed by atoms with van der Waals surface area (Å²) in [7, 11) is 1.72. The summed E-state index contributed by atoms with van der Waals surface area (Å²) in [6, 6.07) is 17.1. The van der Waals surface area contributed by atoms with Crippen LogP contribution in [0.25, 0.3) is 0 Å². The highest BCUT2D eigenvalue weighted by Crippen LogP contribution is 2.14. The van der Waals surface area contributed by atoms with Crippen LogP contribution in [-0.2, 0) is 13.1 Å². The average molecular weight is 377 g/mol. The number of rotatable bonds is 5. The van der Waals surface area contributed by atoms with Gasteiger partial charge < -0.3 is 14.5 Å². The molecule has 0 aliphatic carbocycles. The molecule has 1 aliphatic rings. The Balaban J connectivity index is 1.49. The zero-order valence-electron chi connectivity index (χ0n) is 13.6. The Morgan fingerprint density at radius 3 is 2.09 bits per heavy atom. The van der Waals surface area contributed by atoms with Gasteiger partial charge in [-0.1, -0.05) is 34.1 Å². The second-order valence-corrected chi connectivity index (χ2v) is 7.15. The number of halogens is 1. The van der Waals surface area contributed by atoms with Crippen LogP contribution in [0.5, 0.6) is 5.75 Å². The van der Waals surface area contributed by atoms with Gasteiger partial charge in [-0.05, 0) is 30.3 Å². The van der Waals surface area contributed by atoms with Gasteiger partial charge in [-0.2, -0.15) is 0 Å². The molecule has 1 saturated heterocycles. The van der Waals surface area contributed by atoms with E-state index in [1.807, 2.05) is 0 Å². The van der Waals surface area contributed by atoms with E-state index in [-0.39, 0.29) is 0 Å². The molecule has 0 radical (unpaired) electrons. The molecule has 0 aromatic heterocycles. The molecule has 0 atom stereocenters. The van der Waals surface area contributed by atoms with Gasteiger partial charge in [0.15, 0.2) is 0 Å². The van der Waals surface area contributed by atoms with Crippen LogP contribution in [0, 0.1) is 0 Å². The Morgan fingerprint density at radius 1 is 0.870 bits per heavy atom. The molecule has 3 nitrogen and oxygen atoms in total. The second-order valence-electron chi connectivity index (χ2n) is 6.29. The molecular formula is C19H25BrN2O+2. The molecule has 0 unspecified atom stereocenters. The van der Waals surface area contributed by atoms with Gasteiger partial charge in [-0.15, -0.1) is 0 Å². The maximum absolute atomic E-state index is 5.23. The van der Waals surface area contributed by atoms with Crippen molar-refractivity contribution in [1.29, 1.82) is 0 Å². The predicted molar refractivity (Wildman–Crippen MR) is 95.9 cm³/mol. The van der Waals surface area contributed by atoms with E-state index in [4.69, 9.17) is 4.74 Å². The molecule has 2 N–H and O–H groups in total. The van der Waals surface area contributed by atoms with Crippen molar-refractivity contribution in [3.63, 3.8) is 0 Å². The molecule has 2 aromatic rings. The number of hydrogen-bond donors (Lipinski definition) is 2. The SMILES string of the molecule is COc1ccc(C[NH+]2CC[NH+](Cc3ccccc3Br)CC2)cc1. The first-order valence-electron chi connectivity index (χ1n) is 8.28. The first-order valence-corrected chi connectivity index (χ1v) is 9.07. The van der Waals surface area contributed by atoms with Crippen molar-refractivity contribution >= 4 is 15.9 Å². The molecule has 2 aromatic carbocycles. The molecule has 0 spiro atoms. The number of nitrogens with one attached hydrogen (secondary N) is 2. The normalized spacial score (nSPS) is 21.1. The molecule has 0 amide bonds. The van der Waals surface area contributed by atoms with Crippen LogP contribution < -0.4 is 14.5 Å². The van der Waals surface area contributed by atoms with Gasteiger partial charge in [0.25, 0.3) is 0 Å². The fourth-order valence-corrected chi connectivity index (χ4v) is 3.68. The highest BCUT2D eigenvalue weighted by atomic mass is 79.9. The highest BCUT2D eigenvalue weighted by molar-refractivity contribution is 9.10. The summed E-state index contributed by atoms with van der Waals surface area (Å²) >= 11 is 3.66. The monoisotopic (exact) mass is 376 g/mol. The summed E-state index contributed by atoms with van der Waals surface area (Å²) in [6.45, 7) is 7.21. The Bertz CT molecular complexity index is 622. The Labute approximate surface area is 147 Å². The van der Waals surface area contributed by atoms with E-state index < -0.39 is 0 Å². The van der Waals surface area contributed by atoms with Crippen molar-refractivity contribution in [2.75, 3.05) is 33.3 Å². The topological polar surface area (TPSA) is 18.1 Å². The molecule has 122 valence electrons. The molecule has 0 bridgehead atoms. The number of methoxy groups -OCH3 is 1. The smallest absolute Gasteiger partial charge is 0.127 e. The summed E-state index contributed by atoms with van der Waals surface area (Å²) in [4.78, 5) is 3.38. The van der Waals surface area contributed by atoms with E-state index in [2.05, 4.69) is 64.5 Å². The Hall–Kier alpha value is -1.36. The molecule has 0 saturated carbocycles. The van der Waals surface area contributed by atoms with E-state index in [1.165, 1.54) is 41.8 Å². The summed E-state index contributed by atoms with van der Waals surface area (Å²) in [5, 5.41) is 0. The standard InChI is InChI=1S/C19H23BrN2O/c1-23-18-8-6-16(7-9-18)14-21-10-12-22(13-11-21)15-17-4-2-3-5-19(17)20/h2-9H,10-15H2,1H3/p+2. The van der Waals surface area contributed by atoms with Gasteiger partial charge in [-0.3, -0.25) is 0 Å². The molecule has 1 fully saturated rings. The van der Waals surface area contributed by atoms with E-state index in [0.29, 0.717) is 0 Å². The summed E-state index contributed by atoms with van der Waals surface area (Å²) in [6.07, 6.45) is 0. The first-order chi connectivity index (χ1) is 11.2. The fourth-order valence-electron chi connectivity index (χ4n) is 3.25. The average Bonchev–Trinajstić information content (AvgIpc) is 2.59. The quantitative estimate of drug-likeness (QED) is 0.794. The number of piperazine rings is 1. The maximum Gasteiger partial charge on any atom is 0.127 e. The summed E-state index contributed by atoms with van der Waals surface area (Å²) < 4.78 is 6.46. The van der Waals surface area contributed by atoms with Crippen molar-refractivity contribution in [1.82, 2.24) is 0 Å². The molecular weight excluding hydrogens is 352 g/mol. The van der Waals surface area contributed by atoms with Gasteiger partial charge in [0.2, 0.25) is 0 Å². The van der Waals surface area contributed by atoms with Crippen LogP contribution in [-0.4, -0.2) is 33.3 Å². The van der Waals surface area contributed by atoms with Crippen molar-refractivity contribution in [2.45, 2.75) is 13.1 Å². The van der Waals surface area contributed by atoms with Gasteiger partial charge in [0, 0.05) is 15.6 Å². The highest BCUT2D eigenvalue weighted by Gasteiger charge is 2.23. The van der Waals surface area contributed by atoms with Gasteiger partial charge in [0.05, 0.1) is 7.11 Å². The minimum atomic E-state index is 0.937. The van der Waals surface area contributed by atoms with Gasteiger partial charge >= 0.3 is 0 Å². The van der Waals surface area contributed by atoms with Crippen molar-refractivity contribution in [3.8, 4) is 5.75 Å². The van der Waals surface area contributed by atoms with Crippen LogP contribution in [0.2, 0.25) is 0 Å². The molecule has 1 heterocycles. The Kier molecular flexibility index (Phi) is 5.70. The minimum Gasteiger partial charge on any atom is -0.497 e. The Morgan fingerprint density at radius 2 is 1.48 bits per heavy atom. The molecule has 1 aliphatic heterocycles. The third kappa shape index (κ3) is 4.56. The van der Waals surface area contributed by atoms with Crippen LogP contribution in [0.4, 0.5) is 0 Å². The van der Waals surface area contributed by atoms with Gasteiger partial charge in [-0.25, -0.2) is 0 Å². The molecule has 3 rings (SSSR count). The van der Waals surface area contributed by atoms with E-state index >= 15 is 0 Å². The molecule has 4 heteroatoms. The zero-order valence-corrected chi connectivity index (χ0v) is 15.2. The predicted octanol–water partition coefficient (Wildman–Crippen LogP) is 0.941. The maximum atomic E-state index is 5.23. The van der Waals surface area contributed by atoms with Crippen molar-refractivity contribution < 1.29 is 14.5 Å². The lowest BCUT2D eigenvalue weighted by atomic mass is 10.1. The first kappa shape index (κ1) is 16.5. The van der Waals surface area contributed by atoms with Crippen LogP contribution in [0.1, 0.15) is 11.1 Å². The van der Waals surface area contributed by atoms with E-state index in [0.717, 1.165) is 18.8 Å². The lowest BCUT2D eigenvalue weighted by Crippen LogP contribution is -3.27. The number of hydrogen-bond acceptors (Lipinski definition) is 1. The lowest BCUT2D eigenvalue weighted by Gasteiger charge is -2.30. The third-order valence-corrected chi connectivity index (χ3v) is 5.45. The number of ether oxygens (including phenoxy) is 1. The summed E-state index contributed by atoms with van der Waals surface area (Å²) in [5.74, 6) is 0.937. The van der Waals surface area contributed by atoms with Gasteiger partial charge in [0.1, 0.15) is 45.0 Å². The van der Waals surface area contributed by atoms with E-state index in [9.17, 15) is 0 Å². The largest absolute Gasteiger partial charge is 0.497 e. The van der Waals surface area contributed by atoms with Crippen LogP contribution in [0.15, 0.2) is 53.0 Å². The third-order valence-electron chi connectivity index (χ3n) is 4.68. The zero-order chi connectivity index (χ0) is 16.1. The second kappa shape index (κ2) is 7.95. The minimum absolute atomic E-state index is 0.937. The van der Waals surface area contributed by atoms with Crippen molar-refractivity contribution in [3.05, 3.63) is 64.1 Å². The lowest BCUT2D eigenvalue weighted by molar-refractivity contribution is -1.02. The fraction of sp³-hybridized carbons (Fsp3) is 0.368. The number of quaternary nitrogens is 2. The number of benzene rings is 2. The van der Waals surface area contributed by atoms with E-state index in [1.54, 1.807) is 16.9 Å². The summed E-state index contributed by atoms with van der Waals surface area (Å²) in [5.41, 5.74) is 2.82. The molecule has 23 heavy (non-hydrogen) atoms.